The van der Waals surface area contributed by atoms with E-state index in [-0.39, 0.29) is 6.04 Å². The summed E-state index contributed by atoms with van der Waals surface area (Å²) in [5.74, 6) is 0.777. The summed E-state index contributed by atoms with van der Waals surface area (Å²) in [4.78, 5) is 8.49. The van der Waals surface area contributed by atoms with Gasteiger partial charge in [0.1, 0.15) is 5.52 Å². The lowest BCUT2D eigenvalue weighted by molar-refractivity contribution is 0.538. The summed E-state index contributed by atoms with van der Waals surface area (Å²) in [5, 5.41) is 3.47. The molecule has 20 heavy (non-hydrogen) atoms. The molecule has 0 saturated carbocycles. The predicted octanol–water partition coefficient (Wildman–Crippen LogP) is 3.96. The highest BCUT2D eigenvalue weighted by atomic mass is 16.3. The van der Waals surface area contributed by atoms with Gasteiger partial charge < -0.3 is 9.73 Å². The van der Waals surface area contributed by atoms with Crippen LogP contribution in [0.25, 0.3) is 11.1 Å². The van der Waals surface area contributed by atoms with Gasteiger partial charge in [-0.25, -0.2) is 4.98 Å². The molecule has 0 aliphatic heterocycles. The molecule has 1 atom stereocenters. The number of pyridine rings is 1. The first kappa shape index (κ1) is 12.7. The Labute approximate surface area is 117 Å². The number of aromatic nitrogens is 2. The average molecular weight is 267 g/mol. The molecule has 2 heterocycles. The summed E-state index contributed by atoms with van der Waals surface area (Å²) in [6, 6.07) is 10.2. The molecule has 0 amide bonds. The second-order valence-corrected chi connectivity index (χ2v) is 4.79. The highest BCUT2D eigenvalue weighted by molar-refractivity contribution is 5.77. The maximum absolute atomic E-state index is 5.61. The molecule has 0 fully saturated rings. The molecule has 102 valence electrons. The molecule has 1 unspecified atom stereocenters. The van der Waals surface area contributed by atoms with Crippen LogP contribution in [-0.2, 0) is 6.42 Å². The zero-order chi connectivity index (χ0) is 13.9. The summed E-state index contributed by atoms with van der Waals surface area (Å²) >= 11 is 0. The first-order valence-corrected chi connectivity index (χ1v) is 6.82. The zero-order valence-electron chi connectivity index (χ0n) is 11.6. The standard InChI is InChI=1S/C16H17N3O/c1-3-16-19-14-10-13(4-5-15(14)20-16)18-11(2)12-6-8-17-9-7-12/h4-11,18H,3H2,1-2H3. The number of rotatable bonds is 4. The van der Waals surface area contributed by atoms with E-state index in [1.54, 1.807) is 0 Å². The average Bonchev–Trinajstić information content (AvgIpc) is 2.90. The van der Waals surface area contributed by atoms with E-state index >= 15 is 0 Å². The van der Waals surface area contributed by atoms with Crippen LogP contribution in [0.3, 0.4) is 0 Å². The van der Waals surface area contributed by atoms with Gasteiger partial charge in [0.05, 0.1) is 0 Å². The molecule has 0 radical (unpaired) electrons. The van der Waals surface area contributed by atoms with Crippen LogP contribution < -0.4 is 5.32 Å². The molecule has 1 aromatic carbocycles. The summed E-state index contributed by atoms with van der Waals surface area (Å²) in [7, 11) is 0. The van der Waals surface area contributed by atoms with Crippen molar-refractivity contribution in [1.29, 1.82) is 0 Å². The highest BCUT2D eigenvalue weighted by Crippen LogP contribution is 2.23. The Morgan fingerprint density at radius 2 is 2.00 bits per heavy atom. The van der Waals surface area contributed by atoms with Crippen molar-refractivity contribution < 1.29 is 4.42 Å². The van der Waals surface area contributed by atoms with Crippen molar-refractivity contribution in [2.45, 2.75) is 26.3 Å². The van der Waals surface area contributed by atoms with Crippen molar-refractivity contribution in [3.8, 4) is 0 Å². The van der Waals surface area contributed by atoms with Gasteiger partial charge in [0.2, 0.25) is 0 Å². The summed E-state index contributed by atoms with van der Waals surface area (Å²) in [6.07, 6.45) is 4.43. The Bertz CT molecular complexity index is 706. The third-order valence-electron chi connectivity index (χ3n) is 3.32. The van der Waals surface area contributed by atoms with Crippen molar-refractivity contribution in [2.24, 2.45) is 0 Å². The smallest absolute Gasteiger partial charge is 0.195 e. The number of nitrogens with one attached hydrogen (secondary N) is 1. The summed E-state index contributed by atoms with van der Waals surface area (Å²) < 4.78 is 5.61. The minimum absolute atomic E-state index is 0.216. The van der Waals surface area contributed by atoms with Gasteiger partial charge in [0.15, 0.2) is 11.5 Å². The molecule has 0 aliphatic carbocycles. The highest BCUT2D eigenvalue weighted by Gasteiger charge is 2.08. The Hall–Kier alpha value is -2.36. The molecular weight excluding hydrogens is 250 g/mol. The van der Waals surface area contributed by atoms with E-state index in [1.807, 2.05) is 49.6 Å². The fourth-order valence-electron chi connectivity index (χ4n) is 2.20. The van der Waals surface area contributed by atoms with E-state index in [4.69, 9.17) is 4.42 Å². The van der Waals surface area contributed by atoms with E-state index in [1.165, 1.54) is 5.56 Å². The van der Waals surface area contributed by atoms with Crippen LogP contribution in [0, 0.1) is 0 Å². The first-order chi connectivity index (χ1) is 9.76. The van der Waals surface area contributed by atoms with E-state index in [0.717, 1.165) is 29.1 Å². The van der Waals surface area contributed by atoms with Crippen LogP contribution in [-0.4, -0.2) is 9.97 Å². The summed E-state index contributed by atoms with van der Waals surface area (Å²) in [5.41, 5.74) is 3.98. The number of oxazole rings is 1. The van der Waals surface area contributed by atoms with Crippen LogP contribution >= 0.6 is 0 Å². The van der Waals surface area contributed by atoms with Gasteiger partial charge in [-0.3, -0.25) is 4.98 Å². The van der Waals surface area contributed by atoms with E-state index in [0.29, 0.717) is 0 Å². The van der Waals surface area contributed by atoms with Crippen molar-refractivity contribution in [3.05, 3.63) is 54.2 Å². The van der Waals surface area contributed by atoms with Crippen LogP contribution in [0.1, 0.15) is 31.3 Å². The van der Waals surface area contributed by atoms with Crippen LogP contribution in [0.5, 0.6) is 0 Å². The number of nitrogens with zero attached hydrogens (tertiary/aromatic N) is 2. The van der Waals surface area contributed by atoms with E-state index < -0.39 is 0 Å². The zero-order valence-corrected chi connectivity index (χ0v) is 11.6. The van der Waals surface area contributed by atoms with Gasteiger partial charge in [-0.15, -0.1) is 0 Å². The minimum atomic E-state index is 0.216. The largest absolute Gasteiger partial charge is 0.441 e. The normalized spacial score (nSPS) is 12.5. The predicted molar refractivity (Wildman–Crippen MR) is 79.7 cm³/mol. The number of fused-ring (bicyclic) bond motifs is 1. The molecule has 2 aromatic heterocycles. The van der Waals surface area contributed by atoms with E-state index in [2.05, 4.69) is 22.2 Å². The molecule has 1 N–H and O–H groups in total. The molecule has 0 bridgehead atoms. The van der Waals surface area contributed by atoms with E-state index in [9.17, 15) is 0 Å². The lowest BCUT2D eigenvalue weighted by atomic mass is 10.1. The number of hydrogen-bond donors (Lipinski definition) is 1. The molecule has 3 rings (SSSR count). The molecule has 3 aromatic rings. The van der Waals surface area contributed by atoms with Crippen molar-refractivity contribution in [3.63, 3.8) is 0 Å². The molecule has 4 nitrogen and oxygen atoms in total. The third kappa shape index (κ3) is 2.50. The van der Waals surface area contributed by atoms with Gasteiger partial charge >= 0.3 is 0 Å². The topological polar surface area (TPSA) is 51.0 Å². The van der Waals surface area contributed by atoms with Crippen molar-refractivity contribution in [1.82, 2.24) is 9.97 Å². The van der Waals surface area contributed by atoms with Gasteiger partial charge in [-0.05, 0) is 42.8 Å². The van der Waals surface area contributed by atoms with Crippen molar-refractivity contribution >= 4 is 16.8 Å². The number of hydrogen-bond acceptors (Lipinski definition) is 4. The summed E-state index contributed by atoms with van der Waals surface area (Å²) in [6.45, 7) is 4.16. The number of aryl methyl sites for hydroxylation is 1. The van der Waals surface area contributed by atoms with Crippen LogP contribution in [0.2, 0.25) is 0 Å². The Balaban J connectivity index is 1.83. The monoisotopic (exact) mass is 267 g/mol. The second kappa shape index (κ2) is 5.33. The van der Waals surface area contributed by atoms with Gasteiger partial charge in [0, 0.05) is 30.5 Å². The third-order valence-corrected chi connectivity index (χ3v) is 3.32. The van der Waals surface area contributed by atoms with Crippen LogP contribution in [0.15, 0.2) is 47.1 Å². The Kier molecular flexibility index (Phi) is 3.37. The Morgan fingerprint density at radius 3 is 2.75 bits per heavy atom. The lowest BCUT2D eigenvalue weighted by Gasteiger charge is -2.15. The molecular formula is C16H17N3O. The fourth-order valence-corrected chi connectivity index (χ4v) is 2.20. The maximum atomic E-state index is 5.61. The lowest BCUT2D eigenvalue weighted by Crippen LogP contribution is -2.06. The quantitative estimate of drug-likeness (QED) is 0.777. The van der Waals surface area contributed by atoms with Crippen molar-refractivity contribution in [2.75, 3.05) is 5.32 Å². The molecule has 0 spiro atoms. The van der Waals surface area contributed by atoms with Gasteiger partial charge in [-0.2, -0.15) is 0 Å². The molecule has 0 aliphatic rings. The van der Waals surface area contributed by atoms with Crippen LogP contribution in [0.4, 0.5) is 5.69 Å². The SMILES string of the molecule is CCc1nc2cc(NC(C)c3ccncc3)ccc2o1. The molecule has 0 saturated heterocycles. The first-order valence-electron chi connectivity index (χ1n) is 6.82. The number of anilines is 1. The van der Waals surface area contributed by atoms with Gasteiger partial charge in [-0.1, -0.05) is 6.92 Å². The van der Waals surface area contributed by atoms with Gasteiger partial charge in [0.25, 0.3) is 0 Å². The number of benzene rings is 1. The second-order valence-electron chi connectivity index (χ2n) is 4.79. The molecule has 4 heteroatoms. The maximum Gasteiger partial charge on any atom is 0.195 e. The Morgan fingerprint density at radius 1 is 1.20 bits per heavy atom. The fraction of sp³-hybridized carbons (Fsp3) is 0.250. The minimum Gasteiger partial charge on any atom is -0.441 e.